The smallest absolute Gasteiger partial charge is 0.252 e. The first-order valence-corrected chi connectivity index (χ1v) is 17.0. The number of hydrogen-bond donors (Lipinski definition) is 11. The molecule has 16 nitrogen and oxygen atoms in total. The molecule has 4 aromatic carbocycles. The van der Waals surface area contributed by atoms with Gasteiger partial charge in [-0.3, -0.25) is 14.6 Å². The standard InChI is InChI=1S/C35H46N8O8/c36-20-13-21(37)31(30(47)27(20)44)51-34-26(38)29(46)28(45)23(50-34)14-42-33(49)22(5-2-12-41-35(39)40)43-32(48)19-11-9-17-7-6-15-3-1-4-16-8-10-18(19)25(17)24(15)16/h1,3-4,6-11,20-23,26-31,34,44-47H,2,5,12-14,36-38H2,(H,42,49)(H,43,48)(H4,39,40,41)/t20-,21+,22+,23-,26-,27+,28-,29-,30-,31-,34-/m1/s1. The largest absolute Gasteiger partial charge is 0.389 e. The van der Waals surface area contributed by atoms with Gasteiger partial charge in [0.25, 0.3) is 5.91 Å². The molecule has 2 fully saturated rings. The number of aliphatic hydroxyl groups is 4. The lowest BCUT2D eigenvalue weighted by Crippen LogP contribution is -2.67. The molecule has 16 N–H and O–H groups in total. The first kappa shape index (κ1) is 36.6. The van der Waals surface area contributed by atoms with E-state index in [0.717, 1.165) is 32.3 Å². The summed E-state index contributed by atoms with van der Waals surface area (Å²) >= 11 is 0. The number of nitrogens with two attached hydrogens (primary N) is 5. The number of carbonyl (C=O) groups excluding carboxylic acids is 2. The molecule has 1 saturated carbocycles. The molecule has 11 atom stereocenters. The highest BCUT2D eigenvalue weighted by Crippen LogP contribution is 2.36. The van der Waals surface area contributed by atoms with Gasteiger partial charge in [0.1, 0.15) is 36.6 Å². The van der Waals surface area contributed by atoms with Crippen LogP contribution in [0.3, 0.4) is 0 Å². The zero-order chi connectivity index (χ0) is 36.6. The Labute approximate surface area is 293 Å². The third kappa shape index (κ3) is 7.41. The first-order chi connectivity index (χ1) is 24.3. The number of carbonyl (C=O) groups is 2. The summed E-state index contributed by atoms with van der Waals surface area (Å²) in [5, 5.41) is 53.7. The second-order valence-corrected chi connectivity index (χ2v) is 13.4. The quantitative estimate of drug-likeness (QED) is 0.0342. The average molecular weight is 707 g/mol. The van der Waals surface area contributed by atoms with Crippen LogP contribution in [0.25, 0.3) is 32.3 Å². The Bertz CT molecular complexity index is 1880. The van der Waals surface area contributed by atoms with Gasteiger partial charge in [-0.15, -0.1) is 0 Å². The summed E-state index contributed by atoms with van der Waals surface area (Å²) in [6.07, 6.45) is -8.93. The summed E-state index contributed by atoms with van der Waals surface area (Å²) in [6.45, 7) is -0.0988. The average Bonchev–Trinajstić information content (AvgIpc) is 3.11. The second kappa shape index (κ2) is 15.2. The number of rotatable bonds is 11. The normalized spacial score (nSPS) is 30.3. The zero-order valence-corrected chi connectivity index (χ0v) is 27.8. The van der Waals surface area contributed by atoms with Gasteiger partial charge in [-0.25, -0.2) is 0 Å². The van der Waals surface area contributed by atoms with Crippen LogP contribution in [0.4, 0.5) is 0 Å². The van der Waals surface area contributed by atoms with Crippen molar-refractivity contribution in [2.45, 2.75) is 86.3 Å². The second-order valence-electron chi connectivity index (χ2n) is 13.4. The van der Waals surface area contributed by atoms with E-state index in [0.29, 0.717) is 12.0 Å². The summed E-state index contributed by atoms with van der Waals surface area (Å²) in [5.41, 5.74) is 29.4. The number of aliphatic hydroxyl groups excluding tert-OH is 4. The van der Waals surface area contributed by atoms with Crippen LogP contribution < -0.4 is 39.3 Å². The van der Waals surface area contributed by atoms with Gasteiger partial charge in [0.05, 0.1) is 12.1 Å². The van der Waals surface area contributed by atoms with Crippen molar-refractivity contribution in [3.05, 3.63) is 60.2 Å². The Morgan fingerprint density at radius 3 is 2.24 bits per heavy atom. The fourth-order valence-corrected chi connectivity index (χ4v) is 7.13. The van der Waals surface area contributed by atoms with Crippen LogP contribution in [0, 0.1) is 0 Å². The Hall–Kier alpha value is -4.23. The minimum Gasteiger partial charge on any atom is -0.389 e. The number of nitrogens with one attached hydrogen (secondary N) is 2. The van der Waals surface area contributed by atoms with Crippen molar-refractivity contribution in [2.24, 2.45) is 33.7 Å². The number of hydrogen-bond acceptors (Lipinski definition) is 12. The molecule has 2 amide bonds. The Kier molecular flexibility index (Phi) is 10.9. The van der Waals surface area contributed by atoms with E-state index in [-0.39, 0.29) is 31.9 Å². The molecular formula is C35H46N8O8. The van der Waals surface area contributed by atoms with E-state index in [9.17, 15) is 30.0 Å². The molecule has 0 spiro atoms. The van der Waals surface area contributed by atoms with E-state index in [2.05, 4.69) is 15.6 Å². The third-order valence-electron chi connectivity index (χ3n) is 9.95. The molecule has 0 radical (unpaired) electrons. The molecule has 1 aliphatic carbocycles. The molecule has 1 aliphatic heterocycles. The van der Waals surface area contributed by atoms with E-state index < -0.39 is 78.9 Å². The Balaban J connectivity index is 1.18. The van der Waals surface area contributed by atoms with Gasteiger partial charge in [-0.1, -0.05) is 48.5 Å². The first-order valence-electron chi connectivity index (χ1n) is 17.0. The number of nitrogens with zero attached hydrogens (tertiary/aromatic N) is 1. The van der Waals surface area contributed by atoms with Crippen molar-refractivity contribution in [3.8, 4) is 0 Å². The minimum absolute atomic E-state index is 0.107. The molecule has 51 heavy (non-hydrogen) atoms. The highest BCUT2D eigenvalue weighted by molar-refractivity contribution is 6.26. The fourth-order valence-electron chi connectivity index (χ4n) is 7.13. The van der Waals surface area contributed by atoms with E-state index in [4.69, 9.17) is 38.1 Å². The van der Waals surface area contributed by atoms with Crippen LogP contribution in [0.1, 0.15) is 29.6 Å². The van der Waals surface area contributed by atoms with Gasteiger partial charge in [0.15, 0.2) is 12.2 Å². The summed E-state index contributed by atoms with van der Waals surface area (Å²) in [4.78, 5) is 31.5. The Morgan fingerprint density at radius 1 is 0.863 bits per heavy atom. The van der Waals surface area contributed by atoms with Gasteiger partial charge in [0.2, 0.25) is 5.91 Å². The maximum absolute atomic E-state index is 13.9. The van der Waals surface area contributed by atoms with Gasteiger partial charge in [-0.05, 0) is 57.6 Å². The van der Waals surface area contributed by atoms with Crippen LogP contribution in [-0.4, -0.2) is 118 Å². The number of benzene rings is 4. The predicted octanol–water partition coefficient (Wildman–Crippen LogP) is -2.21. The van der Waals surface area contributed by atoms with Crippen molar-refractivity contribution in [1.29, 1.82) is 0 Å². The van der Waals surface area contributed by atoms with Crippen LogP contribution >= 0.6 is 0 Å². The van der Waals surface area contributed by atoms with Crippen LogP contribution in [0.15, 0.2) is 59.6 Å². The molecule has 16 heteroatoms. The van der Waals surface area contributed by atoms with Crippen LogP contribution in [-0.2, 0) is 14.3 Å². The molecule has 274 valence electrons. The van der Waals surface area contributed by atoms with Crippen LogP contribution in [0.5, 0.6) is 0 Å². The van der Waals surface area contributed by atoms with Crippen molar-refractivity contribution in [3.63, 3.8) is 0 Å². The molecule has 1 saturated heterocycles. The van der Waals surface area contributed by atoms with E-state index in [1.165, 1.54) is 0 Å². The lowest BCUT2D eigenvalue weighted by Gasteiger charge is -2.46. The van der Waals surface area contributed by atoms with Crippen LogP contribution in [0.2, 0.25) is 0 Å². The molecule has 0 aromatic heterocycles. The number of aliphatic imine (C=N–C) groups is 1. The lowest BCUT2D eigenvalue weighted by molar-refractivity contribution is -0.288. The van der Waals surface area contributed by atoms with Crippen molar-refractivity contribution in [1.82, 2.24) is 10.6 Å². The van der Waals surface area contributed by atoms with Crippen molar-refractivity contribution >= 4 is 50.1 Å². The molecule has 2 aliphatic rings. The molecule has 0 unspecified atom stereocenters. The lowest BCUT2D eigenvalue weighted by atomic mass is 9.84. The van der Waals surface area contributed by atoms with Gasteiger partial charge < -0.3 is 69.2 Å². The number of amides is 2. The van der Waals surface area contributed by atoms with Gasteiger partial charge >= 0.3 is 0 Å². The monoisotopic (exact) mass is 706 g/mol. The van der Waals surface area contributed by atoms with E-state index in [1.807, 2.05) is 48.5 Å². The number of guanidine groups is 1. The zero-order valence-electron chi connectivity index (χ0n) is 27.8. The fraction of sp³-hybridized carbons (Fsp3) is 0.457. The molecule has 4 aromatic rings. The summed E-state index contributed by atoms with van der Waals surface area (Å²) in [5.74, 6) is -1.17. The molecular weight excluding hydrogens is 660 g/mol. The number of ether oxygens (including phenoxy) is 2. The SMILES string of the molecule is NC(N)=NCCC[C@H](NC(=O)c1ccc2ccc3cccc4ccc1c2c34)C(=O)NC[C@H]1O[C@H](O[C@H]2[C@H](O)[C@@H](O)[C@H](N)C[C@@H]2N)[C@H](N)[C@@H](O)[C@@H]1O. The van der Waals surface area contributed by atoms with E-state index >= 15 is 0 Å². The molecule has 6 rings (SSSR count). The summed E-state index contributed by atoms with van der Waals surface area (Å²) in [7, 11) is 0. The highest BCUT2D eigenvalue weighted by Gasteiger charge is 2.48. The van der Waals surface area contributed by atoms with E-state index in [1.54, 1.807) is 6.07 Å². The van der Waals surface area contributed by atoms with Crippen molar-refractivity contribution in [2.75, 3.05) is 13.1 Å². The highest BCUT2D eigenvalue weighted by atomic mass is 16.7. The van der Waals surface area contributed by atoms with Gasteiger partial charge in [0, 0.05) is 30.7 Å². The van der Waals surface area contributed by atoms with Crippen molar-refractivity contribution < 1.29 is 39.5 Å². The predicted molar refractivity (Wildman–Crippen MR) is 190 cm³/mol. The third-order valence-corrected chi connectivity index (χ3v) is 9.95. The summed E-state index contributed by atoms with van der Waals surface area (Å²) in [6, 6.07) is 13.7. The Morgan fingerprint density at radius 2 is 1.53 bits per heavy atom. The molecule has 0 bridgehead atoms. The topological polar surface area (TPSA) is 300 Å². The minimum atomic E-state index is -1.54. The summed E-state index contributed by atoms with van der Waals surface area (Å²) < 4.78 is 11.7. The molecule has 1 heterocycles. The maximum atomic E-state index is 13.9. The van der Waals surface area contributed by atoms with Gasteiger partial charge in [-0.2, -0.15) is 0 Å². The maximum Gasteiger partial charge on any atom is 0.252 e.